The molecule has 1 aromatic heterocycles. The topological polar surface area (TPSA) is 69.4 Å². The molecule has 1 unspecified atom stereocenters. The van der Waals surface area contributed by atoms with Crippen molar-refractivity contribution in [3.8, 4) is 5.75 Å². The van der Waals surface area contributed by atoms with Gasteiger partial charge in [0.05, 0.1) is 22.9 Å². The lowest BCUT2D eigenvalue weighted by molar-refractivity contribution is 0.379. The normalized spacial score (nSPS) is 16.5. The van der Waals surface area contributed by atoms with Crippen LogP contribution in [0.2, 0.25) is 0 Å². The average Bonchev–Trinajstić information content (AvgIpc) is 3.32. The van der Waals surface area contributed by atoms with Crippen molar-refractivity contribution in [2.24, 2.45) is 0 Å². The van der Waals surface area contributed by atoms with E-state index in [2.05, 4.69) is 0 Å². The van der Waals surface area contributed by atoms with Gasteiger partial charge in [-0.3, -0.25) is 5.41 Å². The molecule has 0 saturated heterocycles. The van der Waals surface area contributed by atoms with Gasteiger partial charge in [0.15, 0.2) is 0 Å². The van der Waals surface area contributed by atoms with Crippen LogP contribution >= 0.6 is 11.3 Å². The van der Waals surface area contributed by atoms with E-state index in [4.69, 9.17) is 15.1 Å². The van der Waals surface area contributed by atoms with Crippen molar-refractivity contribution in [3.05, 3.63) is 95.2 Å². The summed E-state index contributed by atoms with van der Waals surface area (Å²) in [5, 5.41) is 20.9. The predicted octanol–water partition coefficient (Wildman–Crippen LogP) is 5.81. The van der Waals surface area contributed by atoms with Gasteiger partial charge in [-0.05, 0) is 42.0 Å². The number of para-hydroxylation sites is 1. The molecular weight excluding hydrogens is 394 g/mol. The van der Waals surface area contributed by atoms with E-state index in [1.807, 2.05) is 83.8 Å². The van der Waals surface area contributed by atoms with E-state index in [1.54, 1.807) is 7.11 Å². The molecule has 0 amide bonds. The summed E-state index contributed by atoms with van der Waals surface area (Å²) in [7, 11) is 1.62. The Bertz CT molecular complexity index is 1230. The highest BCUT2D eigenvalue weighted by Gasteiger charge is 2.40. The van der Waals surface area contributed by atoms with E-state index >= 15 is 0 Å². The van der Waals surface area contributed by atoms with Crippen molar-refractivity contribution >= 4 is 38.6 Å². The van der Waals surface area contributed by atoms with Crippen LogP contribution in [0.1, 0.15) is 16.6 Å². The molecule has 0 saturated carbocycles. The minimum absolute atomic E-state index is 0.140. The fourth-order valence-electron chi connectivity index (χ4n) is 3.78. The quantitative estimate of drug-likeness (QED) is 0.443. The second-order valence-corrected chi connectivity index (χ2v) is 8.01. The first kappa shape index (κ1) is 18.4. The largest absolute Gasteiger partial charge is 0.509 e. The van der Waals surface area contributed by atoms with Gasteiger partial charge in [0.1, 0.15) is 28.4 Å². The lowest BCUT2D eigenvalue weighted by atomic mass is 10.0. The second kappa shape index (κ2) is 7.31. The number of aliphatic hydroxyl groups excluding tert-OH is 1. The second-order valence-electron chi connectivity index (χ2n) is 6.98. The monoisotopic (exact) mass is 413 g/mol. The Balaban J connectivity index is 1.66. The van der Waals surface area contributed by atoms with E-state index in [1.165, 1.54) is 11.3 Å². The van der Waals surface area contributed by atoms with Crippen LogP contribution in [-0.4, -0.2) is 23.0 Å². The first-order valence-electron chi connectivity index (χ1n) is 9.53. The van der Waals surface area contributed by atoms with Crippen molar-refractivity contribution in [1.82, 2.24) is 4.98 Å². The summed E-state index contributed by atoms with van der Waals surface area (Å²) in [6, 6.07) is 24.6. The van der Waals surface area contributed by atoms with E-state index in [0.717, 1.165) is 27.2 Å². The number of aliphatic hydroxyl groups is 1. The maximum Gasteiger partial charge on any atom is 0.140 e. The zero-order valence-electron chi connectivity index (χ0n) is 16.2. The smallest absolute Gasteiger partial charge is 0.140 e. The number of methoxy groups -OCH3 is 1. The number of benzene rings is 3. The Morgan fingerprint density at radius 2 is 1.67 bits per heavy atom. The maximum atomic E-state index is 11.3. The Hall–Kier alpha value is -3.64. The van der Waals surface area contributed by atoms with Crippen LogP contribution < -0.4 is 9.64 Å². The lowest BCUT2D eigenvalue weighted by Crippen LogP contribution is -2.29. The lowest BCUT2D eigenvalue weighted by Gasteiger charge is -2.27. The molecule has 1 atom stereocenters. The molecule has 148 valence electrons. The summed E-state index contributed by atoms with van der Waals surface area (Å²) in [5.74, 6) is 1.11. The first-order chi connectivity index (χ1) is 14.7. The third kappa shape index (κ3) is 2.93. The zero-order chi connectivity index (χ0) is 20.7. The van der Waals surface area contributed by atoms with Crippen molar-refractivity contribution in [2.45, 2.75) is 6.04 Å². The molecule has 4 aromatic rings. The highest BCUT2D eigenvalue weighted by molar-refractivity contribution is 7.19. The van der Waals surface area contributed by atoms with Crippen LogP contribution in [0.15, 0.2) is 84.6 Å². The zero-order valence-corrected chi connectivity index (χ0v) is 17.1. The van der Waals surface area contributed by atoms with Crippen LogP contribution in [0, 0.1) is 5.41 Å². The van der Waals surface area contributed by atoms with Gasteiger partial charge >= 0.3 is 0 Å². The molecular formula is C24H19N3O2S. The number of anilines is 1. The number of nitrogens with zero attached hydrogens (tertiary/aromatic N) is 2. The van der Waals surface area contributed by atoms with Gasteiger partial charge in [-0.1, -0.05) is 42.5 Å². The van der Waals surface area contributed by atoms with E-state index in [9.17, 15) is 5.11 Å². The maximum absolute atomic E-state index is 11.3. The van der Waals surface area contributed by atoms with Gasteiger partial charge in [-0.25, -0.2) is 4.98 Å². The number of ether oxygens (including phenoxy) is 1. The summed E-state index contributed by atoms with van der Waals surface area (Å²) < 4.78 is 6.30. The molecule has 1 aliphatic heterocycles. The predicted molar refractivity (Wildman–Crippen MR) is 122 cm³/mol. The van der Waals surface area contributed by atoms with Crippen molar-refractivity contribution < 1.29 is 9.84 Å². The standard InChI is InChI=1S/C24H19N3O2S/c1-29-17-13-11-16(12-14-17)27-21(15-7-3-2-4-8-15)22(28)20(23(27)25)24-26-18-9-5-6-10-19(18)30-24/h2-14,21,25,28H,1H3. The molecule has 0 radical (unpaired) electrons. The number of aromatic nitrogens is 1. The van der Waals surface area contributed by atoms with Crippen LogP contribution in [0.3, 0.4) is 0 Å². The minimum Gasteiger partial charge on any atom is -0.509 e. The van der Waals surface area contributed by atoms with Crippen LogP contribution in [0.5, 0.6) is 5.75 Å². The molecule has 6 heteroatoms. The number of amidine groups is 1. The van der Waals surface area contributed by atoms with E-state index in [-0.39, 0.29) is 11.6 Å². The Morgan fingerprint density at radius 1 is 0.967 bits per heavy atom. The fraction of sp³-hybridized carbons (Fsp3) is 0.0833. The summed E-state index contributed by atoms with van der Waals surface area (Å²) in [5.41, 5.74) is 3.05. The molecule has 5 nitrogen and oxygen atoms in total. The van der Waals surface area contributed by atoms with Crippen LogP contribution in [0.25, 0.3) is 15.8 Å². The molecule has 0 bridgehead atoms. The van der Waals surface area contributed by atoms with Gasteiger partial charge in [0.2, 0.25) is 0 Å². The van der Waals surface area contributed by atoms with Crippen molar-refractivity contribution in [1.29, 1.82) is 5.41 Å². The highest BCUT2D eigenvalue weighted by Crippen LogP contribution is 2.45. The molecule has 0 fully saturated rings. The number of hydrogen-bond acceptors (Lipinski definition) is 5. The number of fused-ring (bicyclic) bond motifs is 1. The summed E-state index contributed by atoms with van der Waals surface area (Å²) in [6.45, 7) is 0. The molecule has 5 rings (SSSR count). The van der Waals surface area contributed by atoms with Crippen molar-refractivity contribution in [3.63, 3.8) is 0 Å². The van der Waals surface area contributed by atoms with Crippen LogP contribution in [-0.2, 0) is 0 Å². The molecule has 2 N–H and O–H groups in total. The number of rotatable bonds is 4. The third-order valence-corrected chi connectivity index (χ3v) is 6.28. The van der Waals surface area contributed by atoms with Crippen LogP contribution in [0.4, 0.5) is 5.69 Å². The number of thiazole rings is 1. The average molecular weight is 414 g/mol. The van der Waals surface area contributed by atoms with E-state index in [0.29, 0.717) is 10.6 Å². The van der Waals surface area contributed by atoms with Crippen molar-refractivity contribution in [2.75, 3.05) is 12.0 Å². The van der Waals surface area contributed by atoms with Gasteiger partial charge in [-0.15, -0.1) is 11.3 Å². The van der Waals surface area contributed by atoms with Gasteiger partial charge < -0.3 is 14.7 Å². The molecule has 30 heavy (non-hydrogen) atoms. The number of hydrogen-bond donors (Lipinski definition) is 2. The molecule has 2 heterocycles. The SMILES string of the molecule is COc1ccc(N2C(=N)C(c3nc4ccccc4s3)=C(O)C2c2ccccc2)cc1. The molecule has 0 aliphatic carbocycles. The first-order valence-corrected chi connectivity index (χ1v) is 10.4. The fourth-order valence-corrected chi connectivity index (χ4v) is 4.80. The summed E-state index contributed by atoms with van der Waals surface area (Å²) in [6.07, 6.45) is 0. The van der Waals surface area contributed by atoms with Gasteiger partial charge in [0, 0.05) is 5.69 Å². The molecule has 0 spiro atoms. The van der Waals surface area contributed by atoms with Gasteiger partial charge in [-0.2, -0.15) is 0 Å². The molecule has 3 aromatic carbocycles. The Kier molecular flexibility index (Phi) is 4.48. The summed E-state index contributed by atoms with van der Waals surface area (Å²) >= 11 is 1.49. The molecule has 1 aliphatic rings. The number of nitrogens with one attached hydrogen (secondary N) is 1. The Labute approximate surface area is 178 Å². The Morgan fingerprint density at radius 3 is 2.37 bits per heavy atom. The van der Waals surface area contributed by atoms with Gasteiger partial charge in [0.25, 0.3) is 0 Å². The minimum atomic E-state index is -0.492. The third-order valence-electron chi connectivity index (χ3n) is 5.22. The van der Waals surface area contributed by atoms with E-state index < -0.39 is 6.04 Å². The highest BCUT2D eigenvalue weighted by atomic mass is 32.1. The summed E-state index contributed by atoms with van der Waals surface area (Å²) in [4.78, 5) is 6.53.